The number of carbonyl (C=O) groups is 2. The van der Waals surface area contributed by atoms with Crippen LogP contribution in [0.5, 0.6) is 17.2 Å². The van der Waals surface area contributed by atoms with Crippen LogP contribution in [0.4, 0.5) is 0 Å². The van der Waals surface area contributed by atoms with Crippen molar-refractivity contribution >= 4 is 11.9 Å². The maximum atomic E-state index is 13.2. The van der Waals surface area contributed by atoms with E-state index in [9.17, 15) is 9.59 Å². The number of esters is 1. The molecule has 0 heterocycles. The zero-order valence-corrected chi connectivity index (χ0v) is 19.7. The van der Waals surface area contributed by atoms with Gasteiger partial charge >= 0.3 is 5.97 Å². The summed E-state index contributed by atoms with van der Waals surface area (Å²) in [5.41, 5.74) is 0.674. The van der Waals surface area contributed by atoms with Gasteiger partial charge in [-0.3, -0.25) is 9.59 Å². The first-order valence-corrected chi connectivity index (χ1v) is 11.8. The average Bonchev–Trinajstić information content (AvgIpc) is 2.83. The lowest BCUT2D eigenvalue weighted by atomic mass is 9.88. The van der Waals surface area contributed by atoms with Crippen LogP contribution in [0.25, 0.3) is 0 Å². The number of benzene rings is 1. The molecule has 3 rings (SSSR count). The number of rotatable bonds is 9. The third-order valence-corrected chi connectivity index (χ3v) is 6.65. The zero-order chi connectivity index (χ0) is 22.9. The molecule has 0 N–H and O–H groups in total. The summed E-state index contributed by atoms with van der Waals surface area (Å²) in [7, 11) is 4.59. The molecule has 0 aromatic heterocycles. The van der Waals surface area contributed by atoms with Crippen LogP contribution in [0, 0.1) is 0 Å². The highest BCUT2D eigenvalue weighted by Crippen LogP contribution is 2.38. The number of ether oxygens (including phenoxy) is 4. The molecule has 0 aliphatic heterocycles. The number of hydrogen-bond donors (Lipinski definition) is 0. The van der Waals surface area contributed by atoms with Gasteiger partial charge in [0, 0.05) is 12.1 Å². The second-order valence-electron chi connectivity index (χ2n) is 8.76. The number of carbonyl (C=O) groups excluding carboxylic acids is 2. The van der Waals surface area contributed by atoms with Gasteiger partial charge in [0.15, 0.2) is 18.1 Å². The Hall–Kier alpha value is -2.44. The molecule has 7 nitrogen and oxygen atoms in total. The lowest BCUT2D eigenvalue weighted by Crippen LogP contribution is -2.50. The summed E-state index contributed by atoms with van der Waals surface area (Å²) in [5.74, 6) is 0.929. The molecule has 1 aromatic carbocycles. The van der Waals surface area contributed by atoms with Crippen molar-refractivity contribution in [2.45, 2.75) is 82.7 Å². The number of hydrogen-bond acceptors (Lipinski definition) is 6. The van der Waals surface area contributed by atoms with Crippen molar-refractivity contribution in [2.24, 2.45) is 0 Å². The first-order valence-electron chi connectivity index (χ1n) is 11.8. The van der Waals surface area contributed by atoms with Gasteiger partial charge in [-0.25, -0.2) is 0 Å². The molecule has 7 heteroatoms. The van der Waals surface area contributed by atoms with E-state index in [4.69, 9.17) is 18.9 Å². The fourth-order valence-corrected chi connectivity index (χ4v) is 5.10. The first kappa shape index (κ1) is 24.2. The molecule has 0 unspecified atom stereocenters. The van der Waals surface area contributed by atoms with Crippen molar-refractivity contribution in [2.75, 3.05) is 27.9 Å². The Kier molecular flexibility index (Phi) is 9.06. The third-order valence-electron chi connectivity index (χ3n) is 6.65. The van der Waals surface area contributed by atoms with E-state index in [-0.39, 0.29) is 31.0 Å². The normalized spacial score (nSPS) is 17.5. The highest BCUT2D eigenvalue weighted by molar-refractivity contribution is 5.82. The molecule has 0 saturated heterocycles. The molecule has 178 valence electrons. The van der Waals surface area contributed by atoms with Gasteiger partial charge in [-0.05, 0) is 43.4 Å². The van der Waals surface area contributed by atoms with Crippen molar-refractivity contribution in [3.8, 4) is 17.2 Å². The highest BCUT2D eigenvalue weighted by Gasteiger charge is 2.32. The van der Waals surface area contributed by atoms with E-state index >= 15 is 0 Å². The molecule has 1 amide bonds. The Bertz CT molecular complexity index is 725. The molecule has 2 aliphatic carbocycles. The van der Waals surface area contributed by atoms with Crippen LogP contribution in [-0.4, -0.2) is 56.8 Å². The predicted octanol–water partition coefficient (Wildman–Crippen LogP) is 4.29. The van der Waals surface area contributed by atoms with Crippen LogP contribution in [0.2, 0.25) is 0 Å². The van der Waals surface area contributed by atoms with E-state index in [0.29, 0.717) is 22.8 Å². The van der Waals surface area contributed by atoms with Crippen LogP contribution >= 0.6 is 0 Å². The van der Waals surface area contributed by atoms with Gasteiger partial charge in [0.2, 0.25) is 5.75 Å². The fraction of sp³-hybridized carbons (Fsp3) is 0.680. The Labute approximate surface area is 191 Å². The van der Waals surface area contributed by atoms with Crippen molar-refractivity contribution in [3.63, 3.8) is 0 Å². The Morgan fingerprint density at radius 2 is 1.31 bits per heavy atom. The van der Waals surface area contributed by atoms with Gasteiger partial charge in [0.1, 0.15) is 0 Å². The van der Waals surface area contributed by atoms with E-state index in [1.807, 2.05) is 0 Å². The van der Waals surface area contributed by atoms with Crippen molar-refractivity contribution in [1.29, 1.82) is 0 Å². The maximum absolute atomic E-state index is 13.2. The van der Waals surface area contributed by atoms with E-state index in [1.54, 1.807) is 12.1 Å². The molecular formula is C25H37NO6. The zero-order valence-electron chi connectivity index (χ0n) is 19.7. The minimum Gasteiger partial charge on any atom is -0.493 e. The van der Waals surface area contributed by atoms with Crippen molar-refractivity contribution in [1.82, 2.24) is 4.90 Å². The Morgan fingerprint density at radius 3 is 1.75 bits per heavy atom. The van der Waals surface area contributed by atoms with Gasteiger partial charge in [0.05, 0.1) is 27.8 Å². The van der Waals surface area contributed by atoms with Crippen LogP contribution in [0.3, 0.4) is 0 Å². The molecule has 2 fully saturated rings. The quantitative estimate of drug-likeness (QED) is 0.526. The largest absolute Gasteiger partial charge is 0.493 e. The lowest BCUT2D eigenvalue weighted by Gasteiger charge is -2.41. The Balaban J connectivity index is 1.62. The van der Waals surface area contributed by atoms with Crippen LogP contribution in [-0.2, 0) is 20.7 Å². The second kappa shape index (κ2) is 12.0. The smallest absolute Gasteiger partial charge is 0.310 e. The van der Waals surface area contributed by atoms with Gasteiger partial charge in [0.25, 0.3) is 5.91 Å². The monoisotopic (exact) mass is 447 g/mol. The number of amides is 1. The van der Waals surface area contributed by atoms with Gasteiger partial charge in [-0.15, -0.1) is 0 Å². The topological polar surface area (TPSA) is 74.3 Å². The lowest BCUT2D eigenvalue weighted by molar-refractivity contribution is -0.154. The van der Waals surface area contributed by atoms with Crippen LogP contribution in [0.1, 0.15) is 69.8 Å². The summed E-state index contributed by atoms with van der Waals surface area (Å²) < 4.78 is 21.4. The SMILES string of the molecule is COc1cc(CC(=O)OCC(=O)N(C2CCCCC2)C2CCCCC2)cc(OC)c1OC. The molecule has 0 spiro atoms. The van der Waals surface area contributed by atoms with Gasteiger partial charge in [-0.2, -0.15) is 0 Å². The number of nitrogens with zero attached hydrogens (tertiary/aromatic N) is 1. The summed E-state index contributed by atoms with van der Waals surface area (Å²) in [6, 6.07) is 4.02. The molecule has 1 aromatic rings. The molecule has 0 atom stereocenters. The van der Waals surface area contributed by atoms with E-state index < -0.39 is 5.97 Å². The number of methoxy groups -OCH3 is 3. The highest BCUT2D eigenvalue weighted by atomic mass is 16.5. The molecule has 2 aliphatic rings. The van der Waals surface area contributed by atoms with Gasteiger partial charge in [-0.1, -0.05) is 38.5 Å². The van der Waals surface area contributed by atoms with E-state index in [1.165, 1.54) is 59.9 Å². The third kappa shape index (κ3) is 6.08. The maximum Gasteiger partial charge on any atom is 0.310 e. The van der Waals surface area contributed by atoms with Crippen LogP contribution < -0.4 is 14.2 Å². The predicted molar refractivity (Wildman–Crippen MR) is 121 cm³/mol. The molecule has 32 heavy (non-hydrogen) atoms. The minimum atomic E-state index is -0.445. The van der Waals surface area contributed by atoms with Crippen LogP contribution in [0.15, 0.2) is 12.1 Å². The second-order valence-corrected chi connectivity index (χ2v) is 8.76. The minimum absolute atomic E-state index is 0.0247. The van der Waals surface area contributed by atoms with Gasteiger partial charge < -0.3 is 23.8 Å². The Morgan fingerprint density at radius 1 is 0.812 bits per heavy atom. The van der Waals surface area contributed by atoms with E-state index in [2.05, 4.69) is 4.90 Å². The first-order chi connectivity index (χ1) is 15.6. The molecule has 0 bridgehead atoms. The molecule has 2 saturated carbocycles. The van der Waals surface area contributed by atoms with Crippen molar-refractivity contribution < 1.29 is 28.5 Å². The summed E-state index contributed by atoms with van der Waals surface area (Å²) >= 11 is 0. The van der Waals surface area contributed by atoms with E-state index in [0.717, 1.165) is 25.7 Å². The summed E-state index contributed by atoms with van der Waals surface area (Å²) in [5, 5.41) is 0. The molecular weight excluding hydrogens is 410 g/mol. The van der Waals surface area contributed by atoms with Crippen molar-refractivity contribution in [3.05, 3.63) is 17.7 Å². The standard InChI is InChI=1S/C25H37NO6/c1-29-21-14-18(15-22(30-2)25(21)31-3)16-24(28)32-17-23(27)26(19-10-6-4-7-11-19)20-12-8-5-9-13-20/h14-15,19-20H,4-13,16-17H2,1-3H3. The average molecular weight is 448 g/mol. The fourth-order valence-electron chi connectivity index (χ4n) is 5.10. The molecule has 0 radical (unpaired) electrons. The summed E-state index contributed by atoms with van der Waals surface area (Å²) in [4.78, 5) is 27.8. The summed E-state index contributed by atoms with van der Waals surface area (Å²) in [6.45, 7) is -0.198. The summed E-state index contributed by atoms with van der Waals surface area (Å²) in [6.07, 6.45) is 11.4.